The van der Waals surface area contributed by atoms with Crippen LogP contribution in [0.5, 0.6) is 0 Å². The Kier molecular flexibility index (Phi) is 14.6. The van der Waals surface area contributed by atoms with Gasteiger partial charge in [-0.15, -0.1) is 0 Å². The molecule has 3 fully saturated rings. The Labute approximate surface area is 389 Å². The highest BCUT2D eigenvalue weighted by Crippen LogP contribution is 2.66. The molecule has 0 aromatic heterocycles. The number of benzene rings is 2. The molecule has 0 spiro atoms. The molecule has 11 atom stereocenters. The van der Waals surface area contributed by atoms with Gasteiger partial charge in [0.2, 0.25) is 6.10 Å². The van der Waals surface area contributed by atoms with E-state index in [2.05, 4.69) is 5.32 Å². The first-order valence-corrected chi connectivity index (χ1v) is 22.6. The molecule has 4 N–H and O–H groups in total. The third kappa shape index (κ3) is 9.78. The van der Waals surface area contributed by atoms with Crippen molar-refractivity contribution < 1.29 is 77.3 Å². The summed E-state index contributed by atoms with van der Waals surface area (Å²) in [5, 5.41) is 40.9. The van der Waals surface area contributed by atoms with Crippen molar-refractivity contribution in [2.24, 2.45) is 22.2 Å². The second-order valence-electron chi connectivity index (χ2n) is 20.1. The Morgan fingerprint density at radius 1 is 0.910 bits per heavy atom. The van der Waals surface area contributed by atoms with E-state index in [0.717, 1.165) is 0 Å². The maximum atomic E-state index is 15.2. The van der Waals surface area contributed by atoms with Crippen LogP contribution in [0, 0.1) is 22.2 Å². The fourth-order valence-electron chi connectivity index (χ4n) is 10.6. The van der Waals surface area contributed by atoms with Crippen LogP contribution >= 0.6 is 0 Å². The van der Waals surface area contributed by atoms with E-state index in [-0.39, 0.29) is 61.4 Å². The monoisotopic (exact) mass is 933 g/mol. The molecule has 0 radical (unpaired) electrons. The van der Waals surface area contributed by atoms with Gasteiger partial charge in [-0.1, -0.05) is 62.4 Å². The van der Waals surface area contributed by atoms with Gasteiger partial charge in [0.05, 0.1) is 35.2 Å². The molecule has 2 aromatic carbocycles. The van der Waals surface area contributed by atoms with Gasteiger partial charge in [-0.3, -0.25) is 14.4 Å². The molecule has 1 heterocycles. The minimum atomic E-state index is -2.38. The summed E-state index contributed by atoms with van der Waals surface area (Å²) in [5.74, 6) is -6.18. The Bertz CT molecular complexity index is 2270. The fourth-order valence-corrected chi connectivity index (χ4v) is 10.6. The van der Waals surface area contributed by atoms with Gasteiger partial charge < -0.3 is 53.9 Å². The molecule has 2 aromatic rings. The first kappa shape index (κ1) is 50.9. The lowest BCUT2D eigenvalue weighted by Crippen LogP contribution is -2.79. The molecular formula is C50H63NO16. The molecule has 1 saturated heterocycles. The molecular weight excluding hydrogens is 871 g/mol. The molecule has 2 bridgehead atoms. The van der Waals surface area contributed by atoms with Crippen molar-refractivity contribution in [3.63, 3.8) is 0 Å². The van der Waals surface area contributed by atoms with Gasteiger partial charge in [0.25, 0.3) is 0 Å². The zero-order valence-corrected chi connectivity index (χ0v) is 39.5. The Morgan fingerprint density at radius 2 is 1.54 bits per heavy atom. The van der Waals surface area contributed by atoms with Crippen LogP contribution in [-0.2, 0) is 52.4 Å². The van der Waals surface area contributed by atoms with E-state index in [4.69, 9.17) is 28.4 Å². The number of aliphatic hydroxyl groups is 3. The second kappa shape index (κ2) is 19.2. The number of esters is 4. The van der Waals surface area contributed by atoms with Crippen LogP contribution in [0.3, 0.4) is 0 Å². The van der Waals surface area contributed by atoms with E-state index in [0.29, 0.717) is 5.56 Å². The molecule has 17 nitrogen and oxygen atoms in total. The number of carbonyl (C=O) groups is 7. The van der Waals surface area contributed by atoms with Crippen molar-refractivity contribution in [3.05, 3.63) is 82.9 Å². The number of hydrogen-bond donors (Lipinski definition) is 4. The molecule has 3 aliphatic carbocycles. The standard InChI is InChI=1S/C50H63NO16/c1-27(52)17-16-22-35(55)65-39(37(30-18-12-10-13-19-30)51-45(60)67-46(4,5)6)44(59)64-32-24-50(61)42(66-43(58)31-20-14-11-15-21-31)40-48(9,41(57)38(56)36(28(32)2)47(50,7)8)33(54)23-34-49(40,26-63-34)25-62-29(3)53/h10-15,18-21,32-34,37-40,42,54,56,61H,16-17,22-26H2,1-9H3,(H,51,60)/t32-,33?,34?,37?,38?,39+,40-,42-,48?,49?,50?/m0/s1. The van der Waals surface area contributed by atoms with Crippen LogP contribution in [0.4, 0.5) is 4.79 Å². The van der Waals surface area contributed by atoms with E-state index in [1.54, 1.807) is 83.1 Å². The summed E-state index contributed by atoms with van der Waals surface area (Å²) in [7, 11) is 0. The predicted molar refractivity (Wildman–Crippen MR) is 237 cm³/mol. The molecule has 67 heavy (non-hydrogen) atoms. The van der Waals surface area contributed by atoms with Crippen molar-refractivity contribution >= 4 is 41.5 Å². The number of ether oxygens (including phenoxy) is 6. The Morgan fingerprint density at radius 3 is 2.10 bits per heavy atom. The Balaban J connectivity index is 1.51. The summed E-state index contributed by atoms with van der Waals surface area (Å²) < 4.78 is 35.7. The SMILES string of the molecule is CC(=O)CCCC(=O)O[C@@H](C(=O)O[C@H]1CC2(O)[C@@H](OC(=O)c3ccccc3)[C@@H]3C4(COC(C)=O)COC4CC(O)C3(C)C(=O)C(O)C(=C1C)C2(C)C)C(NC(=O)OC(C)(C)C)c1ccccc1. The number of carbonyl (C=O) groups excluding carboxylic acids is 7. The van der Waals surface area contributed by atoms with Gasteiger partial charge in [0, 0.05) is 43.9 Å². The Hall–Kier alpha value is -5.49. The molecule has 364 valence electrons. The van der Waals surface area contributed by atoms with Crippen LogP contribution in [0.15, 0.2) is 71.8 Å². The van der Waals surface area contributed by atoms with Gasteiger partial charge in [0.1, 0.15) is 47.9 Å². The van der Waals surface area contributed by atoms with Crippen LogP contribution in [0.25, 0.3) is 0 Å². The number of rotatable bonds is 14. The molecule has 17 heteroatoms. The number of alkyl carbamates (subject to hydrolysis) is 1. The number of ketones is 2. The zero-order chi connectivity index (χ0) is 49.4. The highest BCUT2D eigenvalue weighted by Gasteiger charge is 2.76. The van der Waals surface area contributed by atoms with Gasteiger partial charge in [-0.05, 0) is 76.8 Å². The van der Waals surface area contributed by atoms with Gasteiger partial charge >= 0.3 is 30.0 Å². The maximum Gasteiger partial charge on any atom is 0.408 e. The zero-order valence-electron chi connectivity index (χ0n) is 39.5. The van der Waals surface area contributed by atoms with Gasteiger partial charge in [-0.2, -0.15) is 0 Å². The van der Waals surface area contributed by atoms with E-state index in [9.17, 15) is 44.1 Å². The number of nitrogens with one attached hydrogen (secondary N) is 1. The summed E-state index contributed by atoms with van der Waals surface area (Å²) >= 11 is 0. The van der Waals surface area contributed by atoms with E-state index >= 15 is 4.79 Å². The minimum Gasteiger partial charge on any atom is -0.465 e. The molecule has 7 unspecified atom stereocenters. The summed E-state index contributed by atoms with van der Waals surface area (Å²) in [6, 6.07) is 14.6. The quantitative estimate of drug-likeness (QED) is 0.113. The number of Topliss-reactive ketones (excluding diaryl/α,β-unsaturated/α-hetero) is 2. The summed E-state index contributed by atoms with van der Waals surface area (Å²) in [6.07, 6.45) is -11.4. The van der Waals surface area contributed by atoms with Crippen molar-refractivity contribution in [2.45, 2.75) is 148 Å². The molecule has 6 rings (SSSR count). The number of fused-ring (bicyclic) bond motifs is 5. The lowest BCUT2D eigenvalue weighted by molar-refractivity contribution is -0.327. The van der Waals surface area contributed by atoms with Crippen LogP contribution in [0.2, 0.25) is 0 Å². The average molecular weight is 934 g/mol. The second-order valence-corrected chi connectivity index (χ2v) is 20.1. The van der Waals surface area contributed by atoms with Crippen LogP contribution in [-0.4, -0.2) is 118 Å². The van der Waals surface area contributed by atoms with Crippen LogP contribution < -0.4 is 5.32 Å². The minimum absolute atomic E-state index is 0.0505. The van der Waals surface area contributed by atoms with E-state index in [1.807, 2.05) is 0 Å². The van der Waals surface area contributed by atoms with Gasteiger partial charge in [0.15, 0.2) is 5.78 Å². The number of aliphatic hydroxyl groups excluding tert-OH is 2. The highest BCUT2D eigenvalue weighted by atomic mass is 16.6. The lowest BCUT2D eigenvalue weighted by atomic mass is 9.42. The average Bonchev–Trinajstić information content (AvgIpc) is 3.24. The molecule has 1 amide bonds. The molecule has 4 aliphatic rings. The maximum absolute atomic E-state index is 15.2. The van der Waals surface area contributed by atoms with Crippen LogP contribution in [0.1, 0.15) is 116 Å². The lowest BCUT2D eigenvalue weighted by Gasteiger charge is -2.68. The topological polar surface area (TPSA) is 248 Å². The van der Waals surface area contributed by atoms with E-state index < -0.39 is 118 Å². The first-order chi connectivity index (χ1) is 31.3. The first-order valence-electron chi connectivity index (χ1n) is 22.6. The largest absolute Gasteiger partial charge is 0.465 e. The third-order valence-corrected chi connectivity index (χ3v) is 14.2. The fraction of sp³-hybridized carbons (Fsp3) is 0.580. The van der Waals surface area contributed by atoms with Crippen molar-refractivity contribution in [1.82, 2.24) is 5.32 Å². The molecule has 1 aliphatic heterocycles. The van der Waals surface area contributed by atoms with Gasteiger partial charge in [-0.25, -0.2) is 14.4 Å². The number of amides is 1. The summed E-state index contributed by atoms with van der Waals surface area (Å²) in [6.45, 7) is 13.0. The predicted octanol–water partition coefficient (Wildman–Crippen LogP) is 4.82. The summed E-state index contributed by atoms with van der Waals surface area (Å²) in [4.78, 5) is 95.7. The smallest absolute Gasteiger partial charge is 0.408 e. The van der Waals surface area contributed by atoms with E-state index in [1.165, 1.54) is 39.8 Å². The number of hydrogen-bond acceptors (Lipinski definition) is 16. The normalized spacial score (nSPS) is 30.6. The summed E-state index contributed by atoms with van der Waals surface area (Å²) in [5.41, 5.74) is -7.94. The van der Waals surface area contributed by atoms with Crippen molar-refractivity contribution in [1.29, 1.82) is 0 Å². The van der Waals surface area contributed by atoms with Crippen molar-refractivity contribution in [3.8, 4) is 0 Å². The highest BCUT2D eigenvalue weighted by molar-refractivity contribution is 5.94. The van der Waals surface area contributed by atoms with Crippen molar-refractivity contribution in [2.75, 3.05) is 13.2 Å². The third-order valence-electron chi connectivity index (χ3n) is 14.2. The molecule has 2 saturated carbocycles.